The van der Waals surface area contributed by atoms with Crippen molar-refractivity contribution in [3.63, 3.8) is 0 Å². The zero-order valence-electron chi connectivity index (χ0n) is 15.2. The molecule has 10 heteroatoms. The van der Waals surface area contributed by atoms with Crippen LogP contribution in [0.4, 0.5) is 5.95 Å². The van der Waals surface area contributed by atoms with Crippen LogP contribution in [0.25, 0.3) is 11.2 Å². The highest BCUT2D eigenvalue weighted by atomic mass is 16.2. The van der Waals surface area contributed by atoms with Crippen molar-refractivity contribution in [1.29, 1.82) is 0 Å². The van der Waals surface area contributed by atoms with Gasteiger partial charge in [0.05, 0.1) is 0 Å². The van der Waals surface area contributed by atoms with Gasteiger partial charge in [0, 0.05) is 40.3 Å². The number of aromatic nitrogens is 5. The van der Waals surface area contributed by atoms with E-state index in [1.165, 1.54) is 18.7 Å². The fourth-order valence-corrected chi connectivity index (χ4v) is 2.49. The fourth-order valence-electron chi connectivity index (χ4n) is 2.49. The lowest BCUT2D eigenvalue weighted by atomic mass is 10.4. The largest absolute Gasteiger partial charge is 0.352 e. The van der Waals surface area contributed by atoms with Gasteiger partial charge in [-0.2, -0.15) is 0 Å². The lowest BCUT2D eigenvalue weighted by Gasteiger charge is -2.18. The molecular weight excluding hydrogens is 324 g/mol. The number of hydrogen-bond donors (Lipinski definition) is 2. The molecule has 0 aliphatic rings. The molecule has 2 N–H and O–H groups in total. The molecule has 0 aliphatic carbocycles. The molecule has 0 bridgehead atoms. The number of likely N-dealkylation sites (N-methyl/N-ethyl adjacent to an activating group) is 1. The Morgan fingerprint density at radius 3 is 2.40 bits per heavy atom. The van der Waals surface area contributed by atoms with E-state index in [2.05, 4.69) is 44.6 Å². The third-order valence-electron chi connectivity index (χ3n) is 4.15. The number of nitrogens with one attached hydrogen (secondary N) is 2. The molecule has 2 aromatic heterocycles. The molecule has 0 amide bonds. The Labute approximate surface area is 145 Å². The summed E-state index contributed by atoms with van der Waals surface area (Å²) in [6.45, 7) is 9.65. The van der Waals surface area contributed by atoms with Gasteiger partial charge in [-0.25, -0.2) is 9.78 Å². The molecule has 25 heavy (non-hydrogen) atoms. The summed E-state index contributed by atoms with van der Waals surface area (Å²) in [6.07, 6.45) is 0. The predicted molar refractivity (Wildman–Crippen MR) is 97.0 cm³/mol. The van der Waals surface area contributed by atoms with Crippen molar-refractivity contribution in [3.8, 4) is 0 Å². The standard InChI is InChI=1S/C15H26N8O2/c1-5-23(6-2)10-9-16-7-8-17-14-18-11-12(19-20-14)21(3)15(25)22(4)13(11)24/h16H,5-10H2,1-4H3,(H,17,18,20). The van der Waals surface area contributed by atoms with Crippen LogP contribution in [0.1, 0.15) is 13.8 Å². The van der Waals surface area contributed by atoms with Crippen LogP contribution in [-0.4, -0.2) is 68.5 Å². The molecule has 0 saturated heterocycles. The number of anilines is 1. The van der Waals surface area contributed by atoms with Crippen LogP contribution in [0.5, 0.6) is 0 Å². The summed E-state index contributed by atoms with van der Waals surface area (Å²) in [5, 5.41) is 14.3. The Hall–Kier alpha value is -2.33. The zero-order chi connectivity index (χ0) is 18.4. The van der Waals surface area contributed by atoms with Gasteiger partial charge in [0.15, 0.2) is 11.2 Å². The van der Waals surface area contributed by atoms with E-state index in [0.29, 0.717) is 6.54 Å². The molecule has 0 aliphatic heterocycles. The van der Waals surface area contributed by atoms with E-state index in [4.69, 9.17) is 0 Å². The summed E-state index contributed by atoms with van der Waals surface area (Å²) in [5.74, 6) is 0.272. The van der Waals surface area contributed by atoms with Gasteiger partial charge in [-0.3, -0.25) is 13.9 Å². The van der Waals surface area contributed by atoms with E-state index in [1.807, 2.05) is 0 Å². The molecule has 2 heterocycles. The predicted octanol–water partition coefficient (Wildman–Crippen LogP) is -1.23. The van der Waals surface area contributed by atoms with Gasteiger partial charge in [0.1, 0.15) is 0 Å². The molecule has 10 nitrogen and oxygen atoms in total. The first-order chi connectivity index (χ1) is 12.0. The molecule has 0 atom stereocenters. The summed E-state index contributed by atoms with van der Waals surface area (Å²) in [6, 6.07) is 0. The van der Waals surface area contributed by atoms with E-state index in [1.54, 1.807) is 0 Å². The Morgan fingerprint density at radius 1 is 1.00 bits per heavy atom. The minimum atomic E-state index is -0.478. The van der Waals surface area contributed by atoms with Gasteiger partial charge in [-0.15, -0.1) is 10.2 Å². The maximum absolute atomic E-state index is 12.2. The second-order valence-corrected chi connectivity index (χ2v) is 5.72. The topological polar surface area (TPSA) is 110 Å². The molecule has 0 saturated carbocycles. The van der Waals surface area contributed by atoms with Crippen molar-refractivity contribution in [2.75, 3.05) is 44.6 Å². The van der Waals surface area contributed by atoms with Crippen LogP contribution in [0, 0.1) is 0 Å². The quantitative estimate of drug-likeness (QED) is 0.541. The Kier molecular flexibility index (Phi) is 6.59. The number of nitrogens with zero attached hydrogens (tertiary/aromatic N) is 6. The van der Waals surface area contributed by atoms with Crippen molar-refractivity contribution in [1.82, 2.24) is 34.5 Å². The van der Waals surface area contributed by atoms with Crippen molar-refractivity contribution in [2.24, 2.45) is 14.1 Å². The van der Waals surface area contributed by atoms with Crippen LogP contribution in [0.3, 0.4) is 0 Å². The van der Waals surface area contributed by atoms with Gasteiger partial charge < -0.3 is 15.5 Å². The second-order valence-electron chi connectivity index (χ2n) is 5.72. The fraction of sp³-hybridized carbons (Fsp3) is 0.667. The molecule has 138 valence electrons. The summed E-state index contributed by atoms with van der Waals surface area (Å²) in [7, 11) is 2.95. The smallest absolute Gasteiger partial charge is 0.332 e. The zero-order valence-corrected chi connectivity index (χ0v) is 15.2. The molecule has 0 fully saturated rings. The third-order valence-corrected chi connectivity index (χ3v) is 4.15. The van der Waals surface area contributed by atoms with Crippen molar-refractivity contribution < 1.29 is 0 Å². The number of fused-ring (bicyclic) bond motifs is 1. The van der Waals surface area contributed by atoms with E-state index in [0.717, 1.165) is 37.3 Å². The molecule has 2 aromatic rings. The summed E-state index contributed by atoms with van der Waals surface area (Å²) in [4.78, 5) is 30.6. The molecule has 2 rings (SSSR count). The Balaban J connectivity index is 1.95. The molecule has 0 aromatic carbocycles. The van der Waals surface area contributed by atoms with Gasteiger partial charge in [-0.05, 0) is 13.1 Å². The third kappa shape index (κ3) is 4.40. The SMILES string of the molecule is CCN(CC)CCNCCNc1nnc2c(n1)c(=O)n(C)c(=O)n2C. The monoisotopic (exact) mass is 350 g/mol. The Morgan fingerprint density at radius 2 is 1.72 bits per heavy atom. The number of rotatable bonds is 9. The van der Waals surface area contributed by atoms with Crippen molar-refractivity contribution >= 4 is 17.1 Å². The van der Waals surface area contributed by atoms with E-state index >= 15 is 0 Å². The highest BCUT2D eigenvalue weighted by Crippen LogP contribution is 2.02. The van der Waals surface area contributed by atoms with E-state index < -0.39 is 11.2 Å². The lowest BCUT2D eigenvalue weighted by molar-refractivity contribution is 0.303. The number of aryl methyl sites for hydroxylation is 1. The van der Waals surface area contributed by atoms with Gasteiger partial charge in [0.25, 0.3) is 5.56 Å². The van der Waals surface area contributed by atoms with E-state index in [-0.39, 0.29) is 17.1 Å². The van der Waals surface area contributed by atoms with Gasteiger partial charge in [0.2, 0.25) is 5.95 Å². The second kappa shape index (κ2) is 8.67. The minimum Gasteiger partial charge on any atom is -0.352 e. The molecule has 0 spiro atoms. The normalized spacial score (nSPS) is 11.4. The average molecular weight is 350 g/mol. The van der Waals surface area contributed by atoms with Gasteiger partial charge >= 0.3 is 5.69 Å². The van der Waals surface area contributed by atoms with Crippen LogP contribution in [-0.2, 0) is 14.1 Å². The molecule has 0 radical (unpaired) electrons. The average Bonchev–Trinajstić information content (AvgIpc) is 2.64. The summed E-state index contributed by atoms with van der Waals surface area (Å²) in [5.41, 5.74) is -0.632. The van der Waals surface area contributed by atoms with Crippen molar-refractivity contribution in [2.45, 2.75) is 13.8 Å². The first kappa shape index (κ1) is 19.0. The first-order valence-electron chi connectivity index (χ1n) is 8.47. The highest BCUT2D eigenvalue weighted by molar-refractivity contribution is 5.69. The summed E-state index contributed by atoms with van der Waals surface area (Å²) >= 11 is 0. The van der Waals surface area contributed by atoms with E-state index in [9.17, 15) is 9.59 Å². The van der Waals surface area contributed by atoms with Crippen LogP contribution >= 0.6 is 0 Å². The number of hydrogen-bond acceptors (Lipinski definition) is 8. The lowest BCUT2D eigenvalue weighted by Crippen LogP contribution is -2.38. The maximum atomic E-state index is 12.2. The van der Waals surface area contributed by atoms with Crippen molar-refractivity contribution in [3.05, 3.63) is 20.8 Å². The van der Waals surface area contributed by atoms with Crippen LogP contribution in [0.2, 0.25) is 0 Å². The summed E-state index contributed by atoms with van der Waals surface area (Å²) < 4.78 is 2.27. The first-order valence-corrected chi connectivity index (χ1v) is 8.47. The maximum Gasteiger partial charge on any atom is 0.332 e. The molecular formula is C15H26N8O2. The molecule has 0 unspecified atom stereocenters. The Bertz CT molecular complexity index is 825. The van der Waals surface area contributed by atoms with Crippen LogP contribution in [0.15, 0.2) is 9.59 Å². The van der Waals surface area contributed by atoms with Gasteiger partial charge in [-0.1, -0.05) is 13.8 Å². The van der Waals surface area contributed by atoms with Crippen LogP contribution < -0.4 is 21.9 Å². The highest BCUT2D eigenvalue weighted by Gasteiger charge is 2.12. The minimum absolute atomic E-state index is 0.122.